The first-order valence-corrected chi connectivity index (χ1v) is 8.60. The minimum atomic E-state index is -0.535. The molecule has 0 aliphatic carbocycles. The molecule has 0 aromatic heterocycles. The SMILES string of the molecule is CCCOc1ccc(C(=O)NNC(=O)COc2ccc(C#N)cc2)cc1OC. The van der Waals surface area contributed by atoms with Gasteiger partial charge in [0.2, 0.25) is 0 Å². The van der Waals surface area contributed by atoms with Gasteiger partial charge in [-0.05, 0) is 48.9 Å². The van der Waals surface area contributed by atoms with Gasteiger partial charge in [-0.3, -0.25) is 20.4 Å². The fraction of sp³-hybridized carbons (Fsp3) is 0.250. The zero-order chi connectivity index (χ0) is 20.4. The molecule has 0 atom stereocenters. The van der Waals surface area contributed by atoms with Gasteiger partial charge in [-0.2, -0.15) is 5.26 Å². The molecule has 28 heavy (non-hydrogen) atoms. The predicted octanol–water partition coefficient (Wildman–Crippen LogP) is 2.20. The molecule has 0 spiro atoms. The molecule has 0 fully saturated rings. The molecule has 0 aliphatic rings. The summed E-state index contributed by atoms with van der Waals surface area (Å²) in [6.45, 7) is 2.23. The van der Waals surface area contributed by atoms with Gasteiger partial charge in [0.1, 0.15) is 5.75 Å². The van der Waals surface area contributed by atoms with E-state index in [1.807, 2.05) is 13.0 Å². The van der Waals surface area contributed by atoms with Gasteiger partial charge in [-0.1, -0.05) is 6.92 Å². The Labute approximate surface area is 163 Å². The third kappa shape index (κ3) is 5.92. The van der Waals surface area contributed by atoms with Crippen LogP contribution in [0.1, 0.15) is 29.3 Å². The van der Waals surface area contributed by atoms with Crippen LogP contribution in [0.4, 0.5) is 0 Å². The first-order valence-electron chi connectivity index (χ1n) is 8.60. The van der Waals surface area contributed by atoms with E-state index in [4.69, 9.17) is 19.5 Å². The largest absolute Gasteiger partial charge is 0.493 e. The third-order valence-corrected chi connectivity index (χ3v) is 3.56. The highest BCUT2D eigenvalue weighted by atomic mass is 16.5. The van der Waals surface area contributed by atoms with E-state index in [2.05, 4.69) is 10.9 Å². The fourth-order valence-corrected chi connectivity index (χ4v) is 2.15. The van der Waals surface area contributed by atoms with Crippen LogP contribution in [0.2, 0.25) is 0 Å². The minimum Gasteiger partial charge on any atom is -0.493 e. The Bertz CT molecular complexity index is 859. The lowest BCUT2D eigenvalue weighted by Crippen LogP contribution is -2.43. The van der Waals surface area contributed by atoms with Gasteiger partial charge >= 0.3 is 0 Å². The molecule has 2 aromatic rings. The normalized spacial score (nSPS) is 9.75. The molecule has 2 aromatic carbocycles. The molecule has 0 bridgehead atoms. The molecule has 0 saturated heterocycles. The Kier molecular flexibility index (Phi) is 7.66. The standard InChI is InChI=1S/C20H21N3O5/c1-3-10-27-17-9-6-15(11-18(17)26-2)20(25)23-22-19(24)13-28-16-7-4-14(12-21)5-8-16/h4-9,11H,3,10,13H2,1-2H3,(H,22,24)(H,23,25). The molecule has 2 N–H and O–H groups in total. The Morgan fingerprint density at radius 2 is 1.79 bits per heavy atom. The molecular weight excluding hydrogens is 362 g/mol. The van der Waals surface area contributed by atoms with Crippen molar-refractivity contribution < 1.29 is 23.8 Å². The summed E-state index contributed by atoms with van der Waals surface area (Å²) in [7, 11) is 1.48. The van der Waals surface area contributed by atoms with Crippen molar-refractivity contribution in [2.45, 2.75) is 13.3 Å². The van der Waals surface area contributed by atoms with Gasteiger partial charge in [0.05, 0.1) is 25.3 Å². The van der Waals surface area contributed by atoms with Crippen LogP contribution in [0, 0.1) is 11.3 Å². The van der Waals surface area contributed by atoms with E-state index in [1.165, 1.54) is 13.2 Å². The van der Waals surface area contributed by atoms with E-state index in [0.717, 1.165) is 6.42 Å². The first kappa shape index (κ1) is 20.6. The summed E-state index contributed by atoms with van der Waals surface area (Å²) in [6.07, 6.45) is 0.849. The van der Waals surface area contributed by atoms with Gasteiger partial charge in [-0.15, -0.1) is 0 Å². The fourth-order valence-electron chi connectivity index (χ4n) is 2.15. The molecule has 0 saturated carbocycles. The minimum absolute atomic E-state index is 0.292. The van der Waals surface area contributed by atoms with Crippen LogP contribution in [-0.4, -0.2) is 32.1 Å². The molecule has 0 radical (unpaired) electrons. The number of nitrogens with zero attached hydrogens (tertiary/aromatic N) is 1. The van der Waals surface area contributed by atoms with Crippen molar-refractivity contribution >= 4 is 11.8 Å². The lowest BCUT2D eigenvalue weighted by Gasteiger charge is -2.12. The second kappa shape index (κ2) is 10.4. The lowest BCUT2D eigenvalue weighted by atomic mass is 10.2. The van der Waals surface area contributed by atoms with Crippen LogP contribution >= 0.6 is 0 Å². The number of rotatable bonds is 8. The highest BCUT2D eigenvalue weighted by molar-refractivity contribution is 5.96. The molecule has 2 amide bonds. The topological polar surface area (TPSA) is 110 Å². The second-order valence-electron chi connectivity index (χ2n) is 5.64. The van der Waals surface area contributed by atoms with Crippen LogP contribution < -0.4 is 25.1 Å². The van der Waals surface area contributed by atoms with Crippen molar-refractivity contribution in [3.05, 3.63) is 53.6 Å². The van der Waals surface area contributed by atoms with Crippen molar-refractivity contribution in [1.29, 1.82) is 5.26 Å². The number of hydrogen-bond donors (Lipinski definition) is 2. The van der Waals surface area contributed by atoms with Gasteiger partial charge in [0.25, 0.3) is 11.8 Å². The highest BCUT2D eigenvalue weighted by Gasteiger charge is 2.12. The van der Waals surface area contributed by atoms with E-state index in [0.29, 0.717) is 35.0 Å². The van der Waals surface area contributed by atoms with Gasteiger partial charge in [-0.25, -0.2) is 0 Å². The Morgan fingerprint density at radius 3 is 2.43 bits per heavy atom. The first-order chi connectivity index (χ1) is 13.6. The number of carbonyl (C=O) groups is 2. The number of ether oxygens (including phenoxy) is 3. The van der Waals surface area contributed by atoms with Crippen LogP contribution in [0.5, 0.6) is 17.2 Å². The van der Waals surface area contributed by atoms with Crippen molar-refractivity contribution in [3.8, 4) is 23.3 Å². The number of nitrogens with one attached hydrogen (secondary N) is 2. The number of hydrogen-bond acceptors (Lipinski definition) is 6. The van der Waals surface area contributed by atoms with Gasteiger partial charge < -0.3 is 14.2 Å². The lowest BCUT2D eigenvalue weighted by molar-refractivity contribution is -0.123. The average molecular weight is 383 g/mol. The highest BCUT2D eigenvalue weighted by Crippen LogP contribution is 2.28. The zero-order valence-corrected chi connectivity index (χ0v) is 15.7. The van der Waals surface area contributed by atoms with Crippen molar-refractivity contribution in [2.24, 2.45) is 0 Å². The number of benzene rings is 2. The van der Waals surface area contributed by atoms with Gasteiger partial charge in [0, 0.05) is 5.56 Å². The van der Waals surface area contributed by atoms with Crippen LogP contribution in [-0.2, 0) is 4.79 Å². The summed E-state index contributed by atoms with van der Waals surface area (Å²) in [4.78, 5) is 24.0. The monoisotopic (exact) mass is 383 g/mol. The van der Waals surface area contributed by atoms with Gasteiger partial charge in [0.15, 0.2) is 18.1 Å². The molecule has 0 heterocycles. The third-order valence-electron chi connectivity index (χ3n) is 3.56. The maximum atomic E-state index is 12.2. The summed E-state index contributed by atoms with van der Waals surface area (Å²) < 4.78 is 16.1. The average Bonchev–Trinajstić information content (AvgIpc) is 2.74. The summed E-state index contributed by atoms with van der Waals surface area (Å²) in [6, 6.07) is 13.1. The molecule has 0 unspecified atom stereocenters. The van der Waals surface area contributed by atoms with Crippen LogP contribution in [0.15, 0.2) is 42.5 Å². The van der Waals surface area contributed by atoms with E-state index in [9.17, 15) is 9.59 Å². The quantitative estimate of drug-likeness (QED) is 0.676. The second-order valence-corrected chi connectivity index (χ2v) is 5.64. The number of amides is 2. The van der Waals surface area contributed by atoms with E-state index in [-0.39, 0.29) is 6.61 Å². The number of nitriles is 1. The van der Waals surface area contributed by atoms with Crippen molar-refractivity contribution in [3.63, 3.8) is 0 Å². The number of methoxy groups -OCH3 is 1. The Morgan fingerprint density at radius 1 is 1.04 bits per heavy atom. The number of hydrazine groups is 1. The Balaban J connectivity index is 1.85. The summed E-state index contributed by atoms with van der Waals surface area (Å²) in [5.41, 5.74) is 5.37. The van der Waals surface area contributed by atoms with Crippen LogP contribution in [0.3, 0.4) is 0 Å². The van der Waals surface area contributed by atoms with E-state index >= 15 is 0 Å². The van der Waals surface area contributed by atoms with Crippen LogP contribution in [0.25, 0.3) is 0 Å². The maximum Gasteiger partial charge on any atom is 0.276 e. The zero-order valence-electron chi connectivity index (χ0n) is 15.7. The summed E-state index contributed by atoms with van der Waals surface area (Å²) in [5.74, 6) is 0.366. The summed E-state index contributed by atoms with van der Waals surface area (Å²) >= 11 is 0. The number of carbonyl (C=O) groups excluding carboxylic acids is 2. The predicted molar refractivity (Wildman–Crippen MR) is 101 cm³/mol. The molecule has 0 aliphatic heterocycles. The maximum absolute atomic E-state index is 12.2. The van der Waals surface area contributed by atoms with E-state index in [1.54, 1.807) is 36.4 Å². The molecule has 146 valence electrons. The van der Waals surface area contributed by atoms with Crippen molar-refractivity contribution in [2.75, 3.05) is 20.3 Å². The van der Waals surface area contributed by atoms with E-state index < -0.39 is 11.8 Å². The molecule has 8 heteroatoms. The molecule has 8 nitrogen and oxygen atoms in total. The molecular formula is C20H21N3O5. The molecule has 2 rings (SSSR count). The summed E-state index contributed by atoms with van der Waals surface area (Å²) in [5, 5.41) is 8.74. The Hall–Kier alpha value is -3.73. The van der Waals surface area contributed by atoms with Crippen molar-refractivity contribution in [1.82, 2.24) is 10.9 Å². The smallest absolute Gasteiger partial charge is 0.276 e.